The zero-order chi connectivity index (χ0) is 13.5. The molecular weight excluding hydrogens is 234 g/mol. The first-order valence-corrected chi connectivity index (χ1v) is 5.59. The SMILES string of the molecule is COC(=O)C(C)CN(C)C(=O)/C=C/c1ccco1. The summed E-state index contributed by atoms with van der Waals surface area (Å²) in [4.78, 5) is 24.4. The second-order valence-electron chi connectivity index (χ2n) is 3.99. The minimum Gasteiger partial charge on any atom is -0.469 e. The van der Waals surface area contributed by atoms with Crippen molar-refractivity contribution in [3.05, 3.63) is 30.2 Å². The van der Waals surface area contributed by atoms with Gasteiger partial charge in [-0.3, -0.25) is 9.59 Å². The summed E-state index contributed by atoms with van der Waals surface area (Å²) in [7, 11) is 2.96. The Balaban J connectivity index is 2.49. The van der Waals surface area contributed by atoms with E-state index in [2.05, 4.69) is 4.74 Å². The summed E-state index contributed by atoms with van der Waals surface area (Å²) >= 11 is 0. The highest BCUT2D eigenvalue weighted by Gasteiger charge is 2.17. The molecule has 5 nitrogen and oxygen atoms in total. The third-order valence-corrected chi connectivity index (χ3v) is 2.46. The van der Waals surface area contributed by atoms with Crippen molar-refractivity contribution in [3.8, 4) is 0 Å². The Morgan fingerprint density at radius 1 is 1.56 bits per heavy atom. The Morgan fingerprint density at radius 2 is 2.28 bits per heavy atom. The number of nitrogens with zero attached hydrogens (tertiary/aromatic N) is 1. The molecule has 0 radical (unpaired) electrons. The molecule has 1 heterocycles. The van der Waals surface area contributed by atoms with Crippen LogP contribution in [0, 0.1) is 5.92 Å². The van der Waals surface area contributed by atoms with Crippen molar-refractivity contribution < 1.29 is 18.7 Å². The molecule has 98 valence electrons. The van der Waals surface area contributed by atoms with Gasteiger partial charge in [-0.15, -0.1) is 0 Å². The molecule has 0 aliphatic rings. The molecular formula is C13H17NO4. The number of likely N-dealkylation sites (N-methyl/N-ethyl adjacent to an activating group) is 1. The van der Waals surface area contributed by atoms with Crippen LogP contribution < -0.4 is 0 Å². The third-order valence-electron chi connectivity index (χ3n) is 2.46. The van der Waals surface area contributed by atoms with Crippen LogP contribution in [0.25, 0.3) is 6.08 Å². The van der Waals surface area contributed by atoms with Crippen molar-refractivity contribution in [1.82, 2.24) is 4.90 Å². The van der Waals surface area contributed by atoms with E-state index in [0.717, 1.165) is 0 Å². The smallest absolute Gasteiger partial charge is 0.310 e. The molecule has 0 aliphatic heterocycles. The zero-order valence-electron chi connectivity index (χ0n) is 10.8. The Labute approximate surface area is 106 Å². The monoisotopic (exact) mass is 251 g/mol. The van der Waals surface area contributed by atoms with Gasteiger partial charge in [-0.1, -0.05) is 6.92 Å². The van der Waals surface area contributed by atoms with Crippen molar-refractivity contribution >= 4 is 18.0 Å². The van der Waals surface area contributed by atoms with Gasteiger partial charge in [0.1, 0.15) is 5.76 Å². The number of methoxy groups -OCH3 is 1. The van der Waals surface area contributed by atoms with E-state index >= 15 is 0 Å². The number of esters is 1. The van der Waals surface area contributed by atoms with Crippen molar-refractivity contribution in [2.24, 2.45) is 5.92 Å². The molecule has 0 aromatic carbocycles. The predicted octanol–water partition coefficient (Wildman–Crippen LogP) is 1.56. The molecule has 0 saturated heterocycles. The van der Waals surface area contributed by atoms with E-state index in [1.54, 1.807) is 32.2 Å². The second-order valence-corrected chi connectivity index (χ2v) is 3.99. The molecule has 1 unspecified atom stereocenters. The van der Waals surface area contributed by atoms with Crippen LogP contribution in [0.4, 0.5) is 0 Å². The van der Waals surface area contributed by atoms with Crippen LogP contribution in [0.1, 0.15) is 12.7 Å². The van der Waals surface area contributed by atoms with Gasteiger partial charge in [0.25, 0.3) is 0 Å². The lowest BCUT2D eigenvalue weighted by Crippen LogP contribution is -2.33. The van der Waals surface area contributed by atoms with E-state index in [1.165, 1.54) is 24.3 Å². The Bertz CT molecular complexity index is 422. The number of carbonyl (C=O) groups is 2. The molecule has 1 rings (SSSR count). The van der Waals surface area contributed by atoms with Crippen LogP contribution in [0.3, 0.4) is 0 Å². The lowest BCUT2D eigenvalue weighted by atomic mass is 10.2. The average molecular weight is 251 g/mol. The molecule has 0 spiro atoms. The quantitative estimate of drug-likeness (QED) is 0.588. The topological polar surface area (TPSA) is 59.8 Å². The van der Waals surface area contributed by atoms with Gasteiger partial charge < -0.3 is 14.1 Å². The molecule has 18 heavy (non-hydrogen) atoms. The van der Waals surface area contributed by atoms with Crippen molar-refractivity contribution in [2.45, 2.75) is 6.92 Å². The molecule has 0 aliphatic carbocycles. The van der Waals surface area contributed by atoms with Gasteiger partial charge in [0.2, 0.25) is 5.91 Å². The fourth-order valence-corrected chi connectivity index (χ4v) is 1.44. The summed E-state index contributed by atoms with van der Waals surface area (Å²) in [6.07, 6.45) is 4.53. The highest BCUT2D eigenvalue weighted by Crippen LogP contribution is 2.05. The fraction of sp³-hybridized carbons (Fsp3) is 0.385. The van der Waals surface area contributed by atoms with E-state index in [0.29, 0.717) is 12.3 Å². The second kappa shape index (κ2) is 6.64. The van der Waals surface area contributed by atoms with Gasteiger partial charge in [0.05, 0.1) is 19.3 Å². The zero-order valence-corrected chi connectivity index (χ0v) is 10.8. The molecule has 0 fully saturated rings. The number of carbonyl (C=O) groups excluding carboxylic acids is 2. The van der Waals surface area contributed by atoms with Gasteiger partial charge in [-0.05, 0) is 18.2 Å². The Kier molecular flexibility index (Phi) is 5.17. The maximum absolute atomic E-state index is 11.7. The lowest BCUT2D eigenvalue weighted by Gasteiger charge is -2.18. The third kappa shape index (κ3) is 4.08. The minimum absolute atomic E-state index is 0.192. The Morgan fingerprint density at radius 3 is 2.83 bits per heavy atom. The van der Waals surface area contributed by atoms with Gasteiger partial charge in [-0.25, -0.2) is 0 Å². The van der Waals surface area contributed by atoms with Gasteiger partial charge in [0, 0.05) is 19.7 Å². The highest BCUT2D eigenvalue weighted by atomic mass is 16.5. The van der Waals surface area contributed by atoms with Gasteiger partial charge in [0.15, 0.2) is 0 Å². The molecule has 1 aromatic heterocycles. The molecule has 0 bridgehead atoms. The molecule has 1 aromatic rings. The normalized spacial score (nSPS) is 12.4. The Hall–Kier alpha value is -2.04. The predicted molar refractivity (Wildman–Crippen MR) is 66.6 cm³/mol. The van der Waals surface area contributed by atoms with Crippen LogP contribution in [-0.4, -0.2) is 37.5 Å². The van der Waals surface area contributed by atoms with E-state index in [-0.39, 0.29) is 17.8 Å². The van der Waals surface area contributed by atoms with Gasteiger partial charge in [-0.2, -0.15) is 0 Å². The minimum atomic E-state index is -0.346. The maximum Gasteiger partial charge on any atom is 0.310 e. The largest absolute Gasteiger partial charge is 0.469 e. The van der Waals surface area contributed by atoms with E-state index in [4.69, 9.17) is 4.42 Å². The van der Waals surface area contributed by atoms with Crippen LogP contribution >= 0.6 is 0 Å². The fourth-order valence-electron chi connectivity index (χ4n) is 1.44. The molecule has 0 N–H and O–H groups in total. The van der Waals surface area contributed by atoms with E-state index in [9.17, 15) is 9.59 Å². The summed E-state index contributed by atoms with van der Waals surface area (Å²) in [5.41, 5.74) is 0. The molecule has 1 amide bonds. The van der Waals surface area contributed by atoms with E-state index < -0.39 is 0 Å². The number of hydrogen-bond acceptors (Lipinski definition) is 4. The standard InChI is InChI=1S/C13H17NO4/c1-10(13(16)17-3)9-14(2)12(15)7-6-11-5-4-8-18-11/h4-8,10H,9H2,1-3H3/b7-6+. The molecule has 1 atom stereocenters. The number of ether oxygens (including phenoxy) is 1. The lowest BCUT2D eigenvalue weighted by molar-refractivity contribution is -0.145. The van der Waals surface area contributed by atoms with E-state index in [1.807, 2.05) is 0 Å². The summed E-state index contributed by atoms with van der Waals surface area (Å²) in [5, 5.41) is 0. The van der Waals surface area contributed by atoms with Crippen LogP contribution in [0.5, 0.6) is 0 Å². The number of hydrogen-bond donors (Lipinski definition) is 0. The summed E-state index contributed by atoms with van der Waals surface area (Å²) in [6.45, 7) is 2.03. The first-order valence-electron chi connectivity index (χ1n) is 5.59. The average Bonchev–Trinajstić information content (AvgIpc) is 2.87. The summed E-state index contributed by atoms with van der Waals surface area (Å²) < 4.78 is 9.67. The van der Waals surface area contributed by atoms with Gasteiger partial charge >= 0.3 is 5.97 Å². The maximum atomic E-state index is 11.7. The highest BCUT2D eigenvalue weighted by molar-refractivity contribution is 5.91. The first-order chi connectivity index (χ1) is 8.54. The molecule has 0 saturated carbocycles. The summed E-state index contributed by atoms with van der Waals surface area (Å²) in [6, 6.07) is 3.49. The van der Waals surface area contributed by atoms with Crippen molar-refractivity contribution in [2.75, 3.05) is 20.7 Å². The van der Waals surface area contributed by atoms with Crippen LogP contribution in [0.2, 0.25) is 0 Å². The number of amides is 1. The number of rotatable bonds is 5. The number of furan rings is 1. The van der Waals surface area contributed by atoms with Crippen molar-refractivity contribution in [1.29, 1.82) is 0 Å². The van der Waals surface area contributed by atoms with Crippen LogP contribution in [0.15, 0.2) is 28.9 Å². The molecule has 5 heteroatoms. The van der Waals surface area contributed by atoms with Crippen LogP contribution in [-0.2, 0) is 14.3 Å². The summed E-state index contributed by atoms with van der Waals surface area (Å²) in [5.74, 6) is -0.259. The first kappa shape index (κ1) is 14.0. The van der Waals surface area contributed by atoms with Crippen molar-refractivity contribution in [3.63, 3.8) is 0 Å².